The van der Waals surface area contributed by atoms with Crippen molar-refractivity contribution in [2.45, 2.75) is 26.2 Å². The number of hydrogen-bond donors (Lipinski definition) is 2. The minimum absolute atomic E-state index is 0.331. The normalized spacial score (nSPS) is 9.50. The molecule has 0 spiro atoms. The summed E-state index contributed by atoms with van der Waals surface area (Å²) < 4.78 is 0. The van der Waals surface area contributed by atoms with Gasteiger partial charge in [-0.15, -0.1) is 0 Å². The highest BCUT2D eigenvalue weighted by molar-refractivity contribution is 5.87. The maximum Gasteiger partial charge on any atom is 0.335 e. The molecule has 0 aliphatic heterocycles. The Morgan fingerprint density at radius 1 is 0.818 bits per heavy atom. The Hall–Kier alpha value is -2.62. The van der Waals surface area contributed by atoms with Gasteiger partial charge in [0.1, 0.15) is 0 Å². The van der Waals surface area contributed by atoms with Crippen LogP contribution < -0.4 is 0 Å². The van der Waals surface area contributed by atoms with Gasteiger partial charge < -0.3 is 10.2 Å². The largest absolute Gasteiger partial charge is 0.478 e. The van der Waals surface area contributed by atoms with Crippen molar-refractivity contribution >= 4 is 11.9 Å². The van der Waals surface area contributed by atoms with Gasteiger partial charge in [0.15, 0.2) is 0 Å². The maximum atomic E-state index is 10.5. The van der Waals surface area contributed by atoms with Gasteiger partial charge >= 0.3 is 11.9 Å². The van der Waals surface area contributed by atoms with Gasteiger partial charge in [-0.25, -0.2) is 9.59 Å². The number of aromatic carboxylic acids is 2. The number of hydrogen-bond acceptors (Lipinski definition) is 2. The van der Waals surface area contributed by atoms with Crippen molar-refractivity contribution in [3.05, 3.63) is 71.3 Å². The second-order valence-electron chi connectivity index (χ2n) is 4.78. The Labute approximate surface area is 130 Å². The Balaban J connectivity index is 0.000000235. The van der Waals surface area contributed by atoms with Gasteiger partial charge in [-0.2, -0.15) is 0 Å². The number of rotatable bonds is 5. The molecule has 0 aliphatic carbocycles. The zero-order chi connectivity index (χ0) is 16.4. The number of unbranched alkanes of at least 4 members (excludes halogenated alkanes) is 1. The minimum Gasteiger partial charge on any atom is -0.478 e. The highest BCUT2D eigenvalue weighted by atomic mass is 16.4. The number of benzene rings is 2. The van der Waals surface area contributed by atoms with E-state index < -0.39 is 11.9 Å². The lowest BCUT2D eigenvalue weighted by Crippen LogP contribution is -1.95. The van der Waals surface area contributed by atoms with Gasteiger partial charge in [-0.05, 0) is 42.7 Å². The molecule has 2 rings (SSSR count). The van der Waals surface area contributed by atoms with Crippen molar-refractivity contribution in [3.8, 4) is 0 Å². The zero-order valence-corrected chi connectivity index (χ0v) is 12.5. The van der Waals surface area contributed by atoms with Crippen LogP contribution in [0.15, 0.2) is 54.6 Å². The van der Waals surface area contributed by atoms with Crippen LogP contribution in [0.3, 0.4) is 0 Å². The molecule has 4 nitrogen and oxygen atoms in total. The van der Waals surface area contributed by atoms with E-state index in [4.69, 9.17) is 10.2 Å². The van der Waals surface area contributed by atoms with E-state index in [1.807, 2.05) is 12.1 Å². The summed E-state index contributed by atoms with van der Waals surface area (Å²) in [6, 6.07) is 15.4. The fourth-order valence-electron chi connectivity index (χ4n) is 1.78. The first-order valence-corrected chi connectivity index (χ1v) is 7.15. The summed E-state index contributed by atoms with van der Waals surface area (Å²) in [7, 11) is 0. The summed E-state index contributed by atoms with van der Waals surface area (Å²) in [4.78, 5) is 20.7. The van der Waals surface area contributed by atoms with E-state index in [-0.39, 0.29) is 0 Å². The predicted molar refractivity (Wildman–Crippen MR) is 85.4 cm³/mol. The molecule has 0 heterocycles. The van der Waals surface area contributed by atoms with Gasteiger partial charge in [0, 0.05) is 0 Å². The molecule has 116 valence electrons. The Kier molecular flexibility index (Phi) is 7.40. The van der Waals surface area contributed by atoms with Crippen molar-refractivity contribution in [1.82, 2.24) is 0 Å². The molecule has 2 N–H and O–H groups in total. The molecule has 22 heavy (non-hydrogen) atoms. The van der Waals surface area contributed by atoms with E-state index in [0.717, 1.165) is 12.8 Å². The molecule has 0 aromatic heterocycles. The van der Waals surface area contributed by atoms with Crippen LogP contribution in [0.2, 0.25) is 0 Å². The topological polar surface area (TPSA) is 74.6 Å². The van der Waals surface area contributed by atoms with Crippen LogP contribution in [0.1, 0.15) is 46.0 Å². The molecule has 2 aromatic rings. The highest BCUT2D eigenvalue weighted by Crippen LogP contribution is 2.07. The fourth-order valence-corrected chi connectivity index (χ4v) is 1.78. The quantitative estimate of drug-likeness (QED) is 0.871. The molecule has 2 aromatic carbocycles. The van der Waals surface area contributed by atoms with E-state index >= 15 is 0 Å². The van der Waals surface area contributed by atoms with Crippen molar-refractivity contribution in [1.29, 1.82) is 0 Å². The number of carbonyl (C=O) groups is 2. The first kappa shape index (κ1) is 17.4. The molecular weight excluding hydrogens is 280 g/mol. The molecule has 0 radical (unpaired) electrons. The summed E-state index contributed by atoms with van der Waals surface area (Å²) in [5, 5.41) is 17.0. The number of carboxylic acid groups (broad SMARTS) is 2. The zero-order valence-electron chi connectivity index (χ0n) is 12.5. The predicted octanol–water partition coefficient (Wildman–Crippen LogP) is 4.11. The lowest BCUT2D eigenvalue weighted by molar-refractivity contribution is 0.0686. The van der Waals surface area contributed by atoms with E-state index in [2.05, 4.69) is 6.92 Å². The van der Waals surface area contributed by atoms with Crippen LogP contribution in [-0.2, 0) is 6.42 Å². The van der Waals surface area contributed by atoms with Crippen molar-refractivity contribution in [2.75, 3.05) is 0 Å². The molecule has 0 fully saturated rings. The second-order valence-corrected chi connectivity index (χ2v) is 4.78. The first-order valence-electron chi connectivity index (χ1n) is 7.15. The lowest BCUT2D eigenvalue weighted by Gasteiger charge is -1.99. The molecule has 0 aliphatic rings. The smallest absolute Gasteiger partial charge is 0.335 e. The third-order valence-corrected chi connectivity index (χ3v) is 3.04. The average Bonchev–Trinajstić information content (AvgIpc) is 2.54. The summed E-state index contributed by atoms with van der Waals surface area (Å²) in [6.07, 6.45) is 3.36. The third kappa shape index (κ3) is 6.22. The summed E-state index contributed by atoms with van der Waals surface area (Å²) >= 11 is 0. The Bertz CT molecular complexity index is 588. The van der Waals surface area contributed by atoms with Crippen LogP contribution in [0.4, 0.5) is 0 Å². The fraction of sp³-hybridized carbons (Fsp3) is 0.222. The molecular formula is C18H20O4. The lowest BCUT2D eigenvalue weighted by atomic mass is 10.1. The number of aryl methyl sites for hydroxylation is 1. The van der Waals surface area contributed by atoms with Crippen LogP contribution in [0, 0.1) is 0 Å². The average molecular weight is 300 g/mol. The van der Waals surface area contributed by atoms with Gasteiger partial charge in [-0.1, -0.05) is 43.7 Å². The van der Waals surface area contributed by atoms with Gasteiger partial charge in [0.25, 0.3) is 0 Å². The summed E-state index contributed by atoms with van der Waals surface area (Å²) in [6.45, 7) is 2.14. The third-order valence-electron chi connectivity index (χ3n) is 3.04. The second kappa shape index (κ2) is 9.34. The van der Waals surface area contributed by atoms with Gasteiger partial charge in [-0.3, -0.25) is 0 Å². The number of carboxylic acids is 2. The minimum atomic E-state index is -0.879. The molecule has 4 heteroatoms. The summed E-state index contributed by atoms with van der Waals surface area (Å²) in [5.41, 5.74) is 1.91. The molecule has 0 atom stereocenters. The molecule has 0 unspecified atom stereocenters. The SMILES string of the molecule is CCCCc1ccc(C(=O)O)cc1.O=C(O)c1ccccc1. The van der Waals surface area contributed by atoms with Crippen LogP contribution in [0.5, 0.6) is 0 Å². The van der Waals surface area contributed by atoms with Crippen LogP contribution >= 0.6 is 0 Å². The molecule has 0 saturated heterocycles. The Morgan fingerprint density at radius 2 is 1.32 bits per heavy atom. The monoisotopic (exact) mass is 300 g/mol. The van der Waals surface area contributed by atoms with E-state index in [9.17, 15) is 9.59 Å². The van der Waals surface area contributed by atoms with Gasteiger partial charge in [0.2, 0.25) is 0 Å². The van der Waals surface area contributed by atoms with E-state index in [1.165, 1.54) is 12.0 Å². The van der Waals surface area contributed by atoms with Crippen LogP contribution in [-0.4, -0.2) is 22.2 Å². The van der Waals surface area contributed by atoms with Crippen molar-refractivity contribution in [3.63, 3.8) is 0 Å². The van der Waals surface area contributed by atoms with Crippen molar-refractivity contribution < 1.29 is 19.8 Å². The molecule has 0 amide bonds. The van der Waals surface area contributed by atoms with Crippen LogP contribution in [0.25, 0.3) is 0 Å². The van der Waals surface area contributed by atoms with E-state index in [0.29, 0.717) is 11.1 Å². The van der Waals surface area contributed by atoms with Crippen molar-refractivity contribution in [2.24, 2.45) is 0 Å². The van der Waals surface area contributed by atoms with E-state index in [1.54, 1.807) is 42.5 Å². The van der Waals surface area contributed by atoms with Gasteiger partial charge in [0.05, 0.1) is 11.1 Å². The summed E-state index contributed by atoms with van der Waals surface area (Å²) in [5.74, 6) is -1.74. The Morgan fingerprint density at radius 3 is 1.73 bits per heavy atom. The maximum absolute atomic E-state index is 10.5. The molecule has 0 saturated carbocycles. The molecule has 0 bridgehead atoms. The first-order chi connectivity index (χ1) is 10.5. The standard InChI is InChI=1S/C11H14O2.C7H6O2/c1-2-3-4-9-5-7-10(8-6-9)11(12)13;8-7(9)6-4-2-1-3-5-6/h5-8H,2-4H2,1H3,(H,12,13);1-5H,(H,8,9). The highest BCUT2D eigenvalue weighted by Gasteiger charge is 2.00.